The molecule has 0 radical (unpaired) electrons. The Labute approximate surface area is 257 Å². The molecule has 3 atom stereocenters. The molecule has 0 fully saturated rings. The normalized spacial score (nSPS) is 13.4. The number of nitrogens with zero attached hydrogens (tertiary/aromatic N) is 1. The molecule has 7 nitrogen and oxygen atoms in total. The number of carbonyl (C=O) groups is 3. The molecule has 0 aliphatic carbocycles. The van der Waals surface area contributed by atoms with Crippen LogP contribution in [0.25, 0.3) is 0 Å². The van der Waals surface area contributed by atoms with Crippen LogP contribution in [0.3, 0.4) is 0 Å². The molecule has 7 heteroatoms. The maximum Gasteiger partial charge on any atom is 0.408 e. The predicted octanol–water partition coefficient (Wildman–Crippen LogP) is 7.36. The van der Waals surface area contributed by atoms with Gasteiger partial charge in [0.05, 0.1) is 0 Å². The Kier molecular flexibility index (Phi) is 11.1. The van der Waals surface area contributed by atoms with E-state index in [4.69, 9.17) is 4.74 Å². The van der Waals surface area contributed by atoms with Crippen LogP contribution in [-0.4, -0.2) is 40.5 Å². The summed E-state index contributed by atoms with van der Waals surface area (Å²) in [4.78, 5) is 43.8. The first-order valence-corrected chi connectivity index (χ1v) is 15.0. The summed E-state index contributed by atoms with van der Waals surface area (Å²) in [5.74, 6) is -0.665. The van der Waals surface area contributed by atoms with Gasteiger partial charge in [0, 0.05) is 18.2 Å². The third-order valence-electron chi connectivity index (χ3n) is 7.79. The summed E-state index contributed by atoms with van der Waals surface area (Å²) in [7, 11) is 0. The Morgan fingerprint density at radius 2 is 1.42 bits per heavy atom. The minimum Gasteiger partial charge on any atom is -0.444 e. The van der Waals surface area contributed by atoms with Crippen LogP contribution < -0.4 is 10.6 Å². The zero-order valence-electron chi connectivity index (χ0n) is 27.1. The van der Waals surface area contributed by atoms with Crippen molar-refractivity contribution in [3.63, 3.8) is 0 Å². The molecule has 43 heavy (non-hydrogen) atoms. The highest BCUT2D eigenvalue weighted by Crippen LogP contribution is 2.32. The molecule has 0 aromatic heterocycles. The third kappa shape index (κ3) is 8.69. The van der Waals surface area contributed by atoms with Crippen LogP contribution >= 0.6 is 0 Å². The standard InChI is InChI=1S/C36H47N3O4/c1-10-26(5)39(34(41)30(22-28-19-12-11-13-20-28)37-35(42)43-36(7,8)9)32(29-21-15-16-23(2)27(29)6)33(40)38-31-24(3)17-14-18-25(31)4/h11-21,26,30,32H,10,22H2,1-9H3,(H,37,42)(H,38,40). The topological polar surface area (TPSA) is 87.7 Å². The average molecular weight is 586 g/mol. The van der Waals surface area contributed by atoms with Crippen molar-refractivity contribution >= 4 is 23.6 Å². The van der Waals surface area contributed by atoms with E-state index in [0.717, 1.165) is 39.1 Å². The monoisotopic (exact) mass is 585 g/mol. The number of hydrogen-bond acceptors (Lipinski definition) is 4. The highest BCUT2D eigenvalue weighted by molar-refractivity contribution is 6.00. The van der Waals surface area contributed by atoms with Gasteiger partial charge in [0.1, 0.15) is 17.7 Å². The lowest BCUT2D eigenvalue weighted by molar-refractivity contribution is -0.143. The maximum atomic E-state index is 14.7. The Hall–Kier alpha value is -4.13. The van der Waals surface area contributed by atoms with Crippen LogP contribution in [-0.2, 0) is 20.7 Å². The van der Waals surface area contributed by atoms with Gasteiger partial charge >= 0.3 is 6.09 Å². The van der Waals surface area contributed by atoms with Gasteiger partial charge in [0.25, 0.3) is 5.91 Å². The van der Waals surface area contributed by atoms with Gasteiger partial charge in [-0.2, -0.15) is 0 Å². The van der Waals surface area contributed by atoms with Crippen LogP contribution in [0.15, 0.2) is 66.7 Å². The van der Waals surface area contributed by atoms with Crippen molar-refractivity contribution < 1.29 is 19.1 Å². The number of nitrogens with one attached hydrogen (secondary N) is 2. The van der Waals surface area contributed by atoms with Crippen molar-refractivity contribution in [2.24, 2.45) is 0 Å². The minimum atomic E-state index is -0.966. The Morgan fingerprint density at radius 1 is 0.837 bits per heavy atom. The van der Waals surface area contributed by atoms with Crippen molar-refractivity contribution in [1.29, 1.82) is 0 Å². The lowest BCUT2D eigenvalue weighted by Crippen LogP contribution is -2.55. The van der Waals surface area contributed by atoms with Crippen LogP contribution in [0.4, 0.5) is 10.5 Å². The second-order valence-corrected chi connectivity index (χ2v) is 12.3. The minimum absolute atomic E-state index is 0.240. The molecule has 0 saturated heterocycles. The molecular weight excluding hydrogens is 538 g/mol. The molecule has 3 unspecified atom stereocenters. The molecule has 230 valence electrons. The lowest BCUT2D eigenvalue weighted by atomic mass is 9.93. The fourth-order valence-electron chi connectivity index (χ4n) is 5.17. The van der Waals surface area contributed by atoms with E-state index in [-0.39, 0.29) is 24.3 Å². The van der Waals surface area contributed by atoms with E-state index < -0.39 is 23.8 Å². The maximum absolute atomic E-state index is 14.7. The van der Waals surface area contributed by atoms with Crippen molar-refractivity contribution in [3.8, 4) is 0 Å². The predicted molar refractivity (Wildman–Crippen MR) is 173 cm³/mol. The summed E-state index contributed by atoms with van der Waals surface area (Å²) in [6.07, 6.45) is 0.159. The molecule has 3 amide bonds. The highest BCUT2D eigenvalue weighted by Gasteiger charge is 2.39. The first-order chi connectivity index (χ1) is 20.2. The van der Waals surface area contributed by atoms with Crippen LogP contribution in [0.5, 0.6) is 0 Å². The molecule has 3 aromatic rings. The first kappa shape index (κ1) is 33.4. The number of para-hydroxylation sites is 1. The second-order valence-electron chi connectivity index (χ2n) is 12.3. The molecule has 0 aliphatic heterocycles. The third-order valence-corrected chi connectivity index (χ3v) is 7.79. The molecule has 0 heterocycles. The SMILES string of the molecule is CCC(C)N(C(=O)C(Cc1ccccc1)NC(=O)OC(C)(C)C)C(C(=O)Nc1c(C)cccc1C)c1cccc(C)c1C. The molecule has 3 rings (SSSR count). The molecule has 0 spiro atoms. The summed E-state index contributed by atoms with van der Waals surface area (Å²) in [6, 6.07) is 19.0. The average Bonchev–Trinajstić information content (AvgIpc) is 2.94. The fourth-order valence-corrected chi connectivity index (χ4v) is 5.17. The van der Waals surface area contributed by atoms with Crippen LogP contribution in [0.2, 0.25) is 0 Å². The second kappa shape index (κ2) is 14.4. The smallest absolute Gasteiger partial charge is 0.408 e. The number of alkyl carbamates (subject to hydrolysis) is 1. The van der Waals surface area contributed by atoms with Crippen molar-refractivity contribution in [3.05, 3.63) is 100 Å². The summed E-state index contributed by atoms with van der Waals surface area (Å²) < 4.78 is 5.56. The van der Waals surface area contributed by atoms with E-state index in [0.29, 0.717) is 6.42 Å². The molecule has 0 aliphatic rings. The van der Waals surface area contributed by atoms with E-state index in [1.54, 1.807) is 25.7 Å². The number of ether oxygens (including phenoxy) is 1. The van der Waals surface area contributed by atoms with Gasteiger partial charge in [-0.1, -0.05) is 73.7 Å². The number of benzene rings is 3. The number of carbonyl (C=O) groups excluding carboxylic acids is 3. The van der Waals surface area contributed by atoms with Crippen LogP contribution in [0, 0.1) is 27.7 Å². The summed E-state index contributed by atoms with van der Waals surface area (Å²) in [5.41, 5.74) is 5.43. The van der Waals surface area contributed by atoms with E-state index in [1.807, 2.05) is 108 Å². The van der Waals surface area contributed by atoms with E-state index >= 15 is 0 Å². The Balaban J connectivity index is 2.16. The quantitative estimate of drug-likeness (QED) is 0.260. The summed E-state index contributed by atoms with van der Waals surface area (Å²) in [5, 5.41) is 5.99. The van der Waals surface area contributed by atoms with Gasteiger partial charge in [-0.15, -0.1) is 0 Å². The fraction of sp³-hybridized carbons (Fsp3) is 0.417. The van der Waals surface area contributed by atoms with Gasteiger partial charge in [-0.05, 0) is 95.2 Å². The van der Waals surface area contributed by atoms with E-state index in [2.05, 4.69) is 10.6 Å². The Bertz CT molecular complexity index is 1410. The summed E-state index contributed by atoms with van der Waals surface area (Å²) in [6.45, 7) is 17.1. The Morgan fingerprint density at radius 3 is 2.00 bits per heavy atom. The number of amides is 3. The van der Waals surface area contributed by atoms with E-state index in [9.17, 15) is 14.4 Å². The molecular formula is C36H47N3O4. The first-order valence-electron chi connectivity index (χ1n) is 15.0. The van der Waals surface area contributed by atoms with Crippen LogP contribution in [0.1, 0.15) is 80.5 Å². The van der Waals surface area contributed by atoms with Gasteiger partial charge in [0.2, 0.25) is 5.91 Å². The zero-order valence-corrected chi connectivity index (χ0v) is 27.1. The molecule has 0 bridgehead atoms. The number of rotatable bonds is 10. The highest BCUT2D eigenvalue weighted by atomic mass is 16.6. The van der Waals surface area contributed by atoms with Gasteiger partial charge in [-0.25, -0.2) is 4.79 Å². The van der Waals surface area contributed by atoms with Gasteiger partial charge in [-0.3, -0.25) is 9.59 Å². The van der Waals surface area contributed by atoms with Crippen molar-refractivity contribution in [1.82, 2.24) is 10.2 Å². The number of aryl methyl sites for hydroxylation is 3. The number of anilines is 1. The summed E-state index contributed by atoms with van der Waals surface area (Å²) >= 11 is 0. The van der Waals surface area contributed by atoms with Gasteiger partial charge in [0.15, 0.2) is 0 Å². The van der Waals surface area contributed by atoms with E-state index in [1.165, 1.54) is 0 Å². The van der Waals surface area contributed by atoms with Crippen molar-refractivity contribution in [2.75, 3.05) is 5.32 Å². The molecule has 0 saturated carbocycles. The van der Waals surface area contributed by atoms with Gasteiger partial charge < -0.3 is 20.3 Å². The van der Waals surface area contributed by atoms with Crippen molar-refractivity contribution in [2.45, 2.75) is 98.9 Å². The number of hydrogen-bond donors (Lipinski definition) is 2. The molecule has 3 aromatic carbocycles. The zero-order chi connectivity index (χ0) is 31.9. The lowest BCUT2D eigenvalue weighted by Gasteiger charge is -2.39. The largest absolute Gasteiger partial charge is 0.444 e. The molecule has 2 N–H and O–H groups in total.